The van der Waals surface area contributed by atoms with Crippen molar-refractivity contribution in [1.29, 1.82) is 0 Å². The third-order valence-corrected chi connectivity index (χ3v) is 5.91. The van der Waals surface area contributed by atoms with Gasteiger partial charge in [-0.2, -0.15) is 0 Å². The van der Waals surface area contributed by atoms with E-state index in [1.807, 2.05) is 18.2 Å². The number of hydrogen-bond acceptors (Lipinski definition) is 4. The molecule has 0 spiro atoms. The second-order valence-electron chi connectivity index (χ2n) is 8.50. The van der Waals surface area contributed by atoms with Crippen molar-refractivity contribution in [1.82, 2.24) is 9.55 Å². The Bertz CT molecular complexity index is 1160. The number of ether oxygens (including phenoxy) is 2. The normalized spacial score (nSPS) is 10.9. The molecule has 34 heavy (non-hydrogen) atoms. The second kappa shape index (κ2) is 12.6. The Hall–Kier alpha value is -3.60. The molecule has 0 radical (unpaired) electrons. The first kappa shape index (κ1) is 23.6. The zero-order valence-corrected chi connectivity index (χ0v) is 19.6. The van der Waals surface area contributed by atoms with Crippen molar-refractivity contribution in [2.45, 2.75) is 51.7 Å². The predicted octanol–water partition coefficient (Wildman–Crippen LogP) is 6.81. The van der Waals surface area contributed by atoms with Gasteiger partial charge in [-0.05, 0) is 54.8 Å². The van der Waals surface area contributed by atoms with Gasteiger partial charge in [-0.3, -0.25) is 4.98 Å². The van der Waals surface area contributed by atoms with Gasteiger partial charge >= 0.3 is 5.97 Å². The number of pyridine rings is 1. The summed E-state index contributed by atoms with van der Waals surface area (Å²) in [6.45, 7) is 2.08. The highest BCUT2D eigenvalue weighted by atomic mass is 16.5. The Labute approximate surface area is 201 Å². The first-order valence-corrected chi connectivity index (χ1v) is 12.1. The minimum atomic E-state index is -0.290. The zero-order chi connectivity index (χ0) is 23.4. The van der Waals surface area contributed by atoms with Crippen LogP contribution in [0.15, 0.2) is 85.3 Å². The summed E-state index contributed by atoms with van der Waals surface area (Å²) in [6.07, 6.45) is 12.1. The molecule has 0 fully saturated rings. The van der Waals surface area contributed by atoms with Crippen LogP contribution in [0.4, 0.5) is 0 Å². The van der Waals surface area contributed by atoms with Gasteiger partial charge in [0.05, 0.1) is 12.2 Å². The summed E-state index contributed by atoms with van der Waals surface area (Å²) in [6, 6.07) is 22.2. The van der Waals surface area contributed by atoms with E-state index in [1.165, 1.54) is 41.9 Å². The van der Waals surface area contributed by atoms with Crippen molar-refractivity contribution < 1.29 is 14.3 Å². The fourth-order valence-electron chi connectivity index (χ4n) is 4.03. The molecule has 0 aliphatic carbocycles. The Morgan fingerprint density at radius 2 is 1.68 bits per heavy atom. The molecule has 176 valence electrons. The highest BCUT2D eigenvalue weighted by Crippen LogP contribution is 2.23. The standard InChI is InChI=1S/C29H32N2O3/c32-29(26-13-10-17-30-22-26)33-20-9-4-2-1-3-8-18-31-19-16-25-21-27(14-15-28(25)31)34-23-24-11-6-5-7-12-24/h5-7,10-17,19,21-22H,1-4,8-9,18,20,23H2. The van der Waals surface area contributed by atoms with Crippen LogP contribution in [0, 0.1) is 0 Å². The second-order valence-corrected chi connectivity index (χ2v) is 8.50. The fourth-order valence-corrected chi connectivity index (χ4v) is 4.03. The SMILES string of the molecule is O=C(OCCCCCCCCn1ccc2cc(OCc3ccccc3)ccc21)c1cccnc1. The fraction of sp³-hybridized carbons (Fsp3) is 0.310. The van der Waals surface area contributed by atoms with Gasteiger partial charge < -0.3 is 14.0 Å². The molecule has 0 N–H and O–H groups in total. The first-order chi connectivity index (χ1) is 16.8. The minimum Gasteiger partial charge on any atom is -0.489 e. The Balaban J connectivity index is 1.10. The number of aromatic nitrogens is 2. The third-order valence-electron chi connectivity index (χ3n) is 5.91. The van der Waals surface area contributed by atoms with Crippen molar-refractivity contribution in [3.8, 4) is 5.75 Å². The number of esters is 1. The number of nitrogens with zero attached hydrogens (tertiary/aromatic N) is 2. The molecule has 2 heterocycles. The van der Waals surface area contributed by atoms with E-state index in [0.29, 0.717) is 18.8 Å². The molecule has 0 saturated heterocycles. The molecular weight excluding hydrogens is 424 g/mol. The van der Waals surface area contributed by atoms with Gasteiger partial charge in [-0.15, -0.1) is 0 Å². The molecule has 2 aromatic carbocycles. The molecule has 0 bridgehead atoms. The van der Waals surface area contributed by atoms with E-state index in [0.717, 1.165) is 31.6 Å². The molecule has 4 rings (SSSR count). The summed E-state index contributed by atoms with van der Waals surface area (Å²) >= 11 is 0. The maximum Gasteiger partial charge on any atom is 0.339 e. The summed E-state index contributed by atoms with van der Waals surface area (Å²) in [4.78, 5) is 15.8. The van der Waals surface area contributed by atoms with Gasteiger partial charge in [0.25, 0.3) is 0 Å². The maximum atomic E-state index is 11.9. The highest BCUT2D eigenvalue weighted by Gasteiger charge is 2.06. The molecule has 0 aliphatic rings. The molecule has 0 unspecified atom stereocenters. The minimum absolute atomic E-state index is 0.290. The van der Waals surface area contributed by atoms with Gasteiger partial charge in [-0.1, -0.05) is 56.0 Å². The molecule has 0 saturated carbocycles. The lowest BCUT2D eigenvalue weighted by Crippen LogP contribution is -2.06. The van der Waals surface area contributed by atoms with E-state index in [1.54, 1.807) is 18.3 Å². The number of rotatable bonds is 13. The summed E-state index contributed by atoms with van der Waals surface area (Å²) in [7, 11) is 0. The average Bonchev–Trinajstić information content (AvgIpc) is 3.29. The molecule has 0 aliphatic heterocycles. The van der Waals surface area contributed by atoms with Crippen LogP contribution in [0.25, 0.3) is 10.9 Å². The zero-order valence-electron chi connectivity index (χ0n) is 19.6. The van der Waals surface area contributed by atoms with Crippen LogP contribution >= 0.6 is 0 Å². The number of hydrogen-bond donors (Lipinski definition) is 0. The van der Waals surface area contributed by atoms with Crippen molar-refractivity contribution in [3.63, 3.8) is 0 Å². The van der Waals surface area contributed by atoms with Crippen molar-refractivity contribution in [3.05, 3.63) is 96.4 Å². The summed E-state index contributed by atoms with van der Waals surface area (Å²) in [5.74, 6) is 0.613. The lowest BCUT2D eigenvalue weighted by atomic mass is 10.1. The van der Waals surface area contributed by atoms with Crippen molar-refractivity contribution in [2.24, 2.45) is 0 Å². The van der Waals surface area contributed by atoms with Crippen molar-refractivity contribution >= 4 is 16.9 Å². The third kappa shape index (κ3) is 6.95. The molecule has 0 amide bonds. The van der Waals surface area contributed by atoms with Crippen LogP contribution in [0.3, 0.4) is 0 Å². The summed E-state index contributed by atoms with van der Waals surface area (Å²) in [5, 5.41) is 1.21. The van der Waals surface area contributed by atoms with E-state index in [-0.39, 0.29) is 5.97 Å². The monoisotopic (exact) mass is 456 g/mol. The number of carbonyl (C=O) groups is 1. The van der Waals surface area contributed by atoms with Gasteiger partial charge in [0, 0.05) is 36.0 Å². The molecule has 4 aromatic rings. The predicted molar refractivity (Wildman–Crippen MR) is 135 cm³/mol. The number of benzene rings is 2. The molecule has 0 atom stereocenters. The van der Waals surface area contributed by atoms with Crippen LogP contribution in [0.1, 0.15) is 54.4 Å². The maximum absolute atomic E-state index is 11.9. The van der Waals surface area contributed by atoms with Gasteiger partial charge in [0.1, 0.15) is 12.4 Å². The number of fused-ring (bicyclic) bond motifs is 1. The van der Waals surface area contributed by atoms with Crippen LogP contribution in [0.2, 0.25) is 0 Å². The number of aryl methyl sites for hydroxylation is 1. The Morgan fingerprint density at radius 3 is 2.50 bits per heavy atom. The lowest BCUT2D eigenvalue weighted by Gasteiger charge is -2.08. The van der Waals surface area contributed by atoms with E-state index in [4.69, 9.17) is 9.47 Å². The highest BCUT2D eigenvalue weighted by molar-refractivity contribution is 5.88. The molecule has 5 nitrogen and oxygen atoms in total. The van der Waals surface area contributed by atoms with Crippen LogP contribution in [-0.2, 0) is 17.9 Å². The van der Waals surface area contributed by atoms with Crippen LogP contribution in [-0.4, -0.2) is 22.1 Å². The smallest absolute Gasteiger partial charge is 0.339 e. The van der Waals surface area contributed by atoms with E-state index < -0.39 is 0 Å². The number of unbranched alkanes of at least 4 members (excludes halogenated alkanes) is 5. The summed E-state index contributed by atoms with van der Waals surface area (Å²) in [5.41, 5.74) is 2.93. The topological polar surface area (TPSA) is 53.4 Å². The number of carbonyl (C=O) groups excluding carboxylic acids is 1. The van der Waals surface area contributed by atoms with Crippen LogP contribution in [0.5, 0.6) is 5.75 Å². The Morgan fingerprint density at radius 1 is 0.853 bits per heavy atom. The first-order valence-electron chi connectivity index (χ1n) is 12.1. The largest absolute Gasteiger partial charge is 0.489 e. The van der Waals surface area contributed by atoms with E-state index >= 15 is 0 Å². The molecule has 5 heteroatoms. The molecular formula is C29H32N2O3. The van der Waals surface area contributed by atoms with Crippen molar-refractivity contribution in [2.75, 3.05) is 6.61 Å². The van der Waals surface area contributed by atoms with Gasteiger partial charge in [-0.25, -0.2) is 4.79 Å². The quantitative estimate of drug-likeness (QED) is 0.164. The van der Waals surface area contributed by atoms with E-state index in [9.17, 15) is 4.79 Å². The summed E-state index contributed by atoms with van der Waals surface area (Å²) < 4.78 is 13.6. The van der Waals surface area contributed by atoms with E-state index in [2.05, 4.69) is 52.1 Å². The van der Waals surface area contributed by atoms with Crippen LogP contribution < -0.4 is 4.74 Å². The molecule has 2 aromatic heterocycles. The van der Waals surface area contributed by atoms with Gasteiger partial charge in [0.15, 0.2) is 0 Å². The lowest BCUT2D eigenvalue weighted by molar-refractivity contribution is 0.0497. The average molecular weight is 457 g/mol. The Kier molecular flexibility index (Phi) is 8.72. The van der Waals surface area contributed by atoms with Gasteiger partial charge in [0.2, 0.25) is 0 Å².